The Hall–Kier alpha value is -3.16. The highest BCUT2D eigenvalue weighted by Crippen LogP contribution is 2.25. The quantitative estimate of drug-likeness (QED) is 0.421. The molecular weight excluding hydrogens is 366 g/mol. The number of aromatic amines is 2. The van der Waals surface area contributed by atoms with Gasteiger partial charge in [-0.15, -0.1) is 0 Å². The Balaban J connectivity index is 0.00000150. The number of amides is 1. The van der Waals surface area contributed by atoms with Crippen molar-refractivity contribution < 1.29 is 12.8 Å². The molecule has 0 bridgehead atoms. The number of halogens is 1. The summed E-state index contributed by atoms with van der Waals surface area (Å²) in [6, 6.07) is 10.1. The van der Waals surface area contributed by atoms with Gasteiger partial charge >= 0.3 is 0 Å². The molecule has 0 saturated heterocycles. The van der Waals surface area contributed by atoms with Crippen molar-refractivity contribution in [2.45, 2.75) is 6.04 Å². The maximum absolute atomic E-state index is 12.6. The van der Waals surface area contributed by atoms with Gasteiger partial charge in [0.2, 0.25) is 0 Å². The van der Waals surface area contributed by atoms with E-state index < -0.39 is 6.04 Å². The number of aliphatic hydroxyl groups is 1. The Bertz CT molecular complexity index is 1110. The van der Waals surface area contributed by atoms with E-state index in [9.17, 15) is 9.90 Å². The summed E-state index contributed by atoms with van der Waals surface area (Å²) in [5.74, 6) is -0.334. The Kier molecular flexibility index (Phi) is 4.62. The first-order valence-electron chi connectivity index (χ1n) is 8.30. The van der Waals surface area contributed by atoms with Gasteiger partial charge in [0.1, 0.15) is 17.7 Å². The molecule has 8 heteroatoms. The van der Waals surface area contributed by atoms with Crippen molar-refractivity contribution in [3.63, 3.8) is 0 Å². The minimum atomic E-state index is -0.557. The zero-order valence-electron chi connectivity index (χ0n) is 14.1. The highest BCUT2D eigenvalue weighted by Gasteiger charge is 2.18. The van der Waals surface area contributed by atoms with E-state index in [1.807, 2.05) is 6.07 Å². The molecule has 7 nitrogen and oxygen atoms in total. The summed E-state index contributed by atoms with van der Waals surface area (Å²) in [5, 5.41) is 13.9. The van der Waals surface area contributed by atoms with Gasteiger partial charge < -0.3 is 20.4 Å². The maximum Gasteiger partial charge on any atom is 0.268 e. The van der Waals surface area contributed by atoms with E-state index in [1.54, 1.807) is 42.7 Å². The number of nitrogens with zero attached hydrogens (tertiary/aromatic N) is 2. The third-order valence-corrected chi connectivity index (χ3v) is 4.53. The van der Waals surface area contributed by atoms with E-state index in [2.05, 4.69) is 25.3 Å². The second-order valence-electron chi connectivity index (χ2n) is 6.03. The first kappa shape index (κ1) is 17.3. The summed E-state index contributed by atoms with van der Waals surface area (Å²) in [5.41, 5.74) is 3.33. The first-order valence-corrected chi connectivity index (χ1v) is 8.67. The van der Waals surface area contributed by atoms with Gasteiger partial charge in [-0.05, 0) is 29.8 Å². The van der Waals surface area contributed by atoms with Crippen LogP contribution in [0.4, 0.5) is 0 Å². The maximum atomic E-state index is 12.6. The molecule has 1 aromatic carbocycles. The molecule has 0 fully saturated rings. The molecule has 0 aliphatic heterocycles. The van der Waals surface area contributed by atoms with Gasteiger partial charge in [0.15, 0.2) is 0 Å². The SMILES string of the molecule is O=C(N[C@H](CO)c1cccc(Cl)c1)c1cc(-c2ncnc3[nH]ccc23)c[nH]1.[HH].[HH]. The zero-order valence-corrected chi connectivity index (χ0v) is 14.9. The summed E-state index contributed by atoms with van der Waals surface area (Å²) >= 11 is 5.99. The number of fused-ring (bicyclic) bond motifs is 1. The summed E-state index contributed by atoms with van der Waals surface area (Å²) in [7, 11) is 0. The lowest BCUT2D eigenvalue weighted by molar-refractivity contribution is 0.0912. The monoisotopic (exact) mass is 385 g/mol. The van der Waals surface area contributed by atoms with Crippen LogP contribution in [-0.2, 0) is 0 Å². The van der Waals surface area contributed by atoms with E-state index in [0.29, 0.717) is 10.7 Å². The zero-order chi connectivity index (χ0) is 18.8. The molecule has 140 valence electrons. The van der Waals surface area contributed by atoms with Crippen molar-refractivity contribution in [1.82, 2.24) is 25.3 Å². The molecule has 27 heavy (non-hydrogen) atoms. The lowest BCUT2D eigenvalue weighted by atomic mass is 10.1. The topological polar surface area (TPSA) is 107 Å². The van der Waals surface area contributed by atoms with Crippen LogP contribution < -0.4 is 5.32 Å². The molecule has 3 heterocycles. The largest absolute Gasteiger partial charge is 0.394 e. The van der Waals surface area contributed by atoms with Crippen LogP contribution in [0.5, 0.6) is 0 Å². The van der Waals surface area contributed by atoms with Crippen LogP contribution in [0.25, 0.3) is 22.3 Å². The van der Waals surface area contributed by atoms with Crippen molar-refractivity contribution in [2.75, 3.05) is 6.61 Å². The summed E-state index contributed by atoms with van der Waals surface area (Å²) in [6.45, 7) is -0.241. The lowest BCUT2D eigenvalue weighted by Gasteiger charge is -2.16. The Labute approximate surface area is 162 Å². The van der Waals surface area contributed by atoms with Crippen LogP contribution >= 0.6 is 11.6 Å². The van der Waals surface area contributed by atoms with E-state index in [-0.39, 0.29) is 15.4 Å². The smallest absolute Gasteiger partial charge is 0.268 e. The van der Waals surface area contributed by atoms with Crippen molar-refractivity contribution in [1.29, 1.82) is 0 Å². The number of carbonyl (C=O) groups is 1. The van der Waals surface area contributed by atoms with Gasteiger partial charge in [-0.1, -0.05) is 23.7 Å². The molecule has 0 spiro atoms. The number of aliphatic hydroxyl groups excluding tert-OH is 1. The molecule has 4 aromatic rings. The lowest BCUT2D eigenvalue weighted by Crippen LogP contribution is -2.31. The summed E-state index contributed by atoms with van der Waals surface area (Å²) in [4.78, 5) is 27.1. The van der Waals surface area contributed by atoms with E-state index in [4.69, 9.17) is 11.6 Å². The number of nitrogens with one attached hydrogen (secondary N) is 3. The number of H-pyrrole nitrogens is 2. The highest BCUT2D eigenvalue weighted by atomic mass is 35.5. The first-order chi connectivity index (χ1) is 13.2. The third-order valence-electron chi connectivity index (χ3n) is 4.29. The highest BCUT2D eigenvalue weighted by molar-refractivity contribution is 6.30. The normalized spacial score (nSPS) is 12.2. The van der Waals surface area contributed by atoms with E-state index in [1.165, 1.54) is 6.33 Å². The van der Waals surface area contributed by atoms with Crippen molar-refractivity contribution >= 4 is 28.5 Å². The molecule has 3 aromatic heterocycles. The van der Waals surface area contributed by atoms with Crippen molar-refractivity contribution in [3.05, 3.63) is 71.4 Å². The van der Waals surface area contributed by atoms with Crippen LogP contribution in [0.2, 0.25) is 5.02 Å². The molecule has 0 saturated carbocycles. The Morgan fingerprint density at radius 3 is 2.96 bits per heavy atom. The molecule has 4 N–H and O–H groups in total. The summed E-state index contributed by atoms with van der Waals surface area (Å²) < 4.78 is 0. The summed E-state index contributed by atoms with van der Waals surface area (Å²) in [6.07, 6.45) is 4.98. The Morgan fingerprint density at radius 1 is 1.26 bits per heavy atom. The number of hydrogen-bond acceptors (Lipinski definition) is 4. The van der Waals surface area contributed by atoms with Gasteiger partial charge in [-0.25, -0.2) is 9.97 Å². The van der Waals surface area contributed by atoms with Gasteiger partial charge in [0.05, 0.1) is 18.3 Å². The second-order valence-corrected chi connectivity index (χ2v) is 6.46. The minimum Gasteiger partial charge on any atom is -0.394 e. The number of carbonyl (C=O) groups excluding carboxylic acids is 1. The fourth-order valence-electron chi connectivity index (χ4n) is 2.96. The predicted molar refractivity (Wildman–Crippen MR) is 107 cm³/mol. The fourth-order valence-corrected chi connectivity index (χ4v) is 3.16. The predicted octanol–water partition coefficient (Wildman–Crippen LogP) is 3.56. The molecule has 1 amide bonds. The third kappa shape index (κ3) is 3.42. The minimum absolute atomic E-state index is 0. The van der Waals surface area contributed by atoms with Crippen LogP contribution in [0.15, 0.2) is 55.1 Å². The van der Waals surface area contributed by atoms with Crippen molar-refractivity contribution in [2.24, 2.45) is 0 Å². The molecular formula is C19H20ClN5O2. The fraction of sp³-hybridized carbons (Fsp3) is 0.105. The number of aromatic nitrogens is 4. The molecule has 0 aliphatic carbocycles. The standard InChI is InChI=1S/C19H16ClN5O2.2H2/c20-13-3-1-2-11(6-13)16(9-26)25-19(27)15-7-12(8-22-15)17-14-4-5-21-18(14)24-10-23-17;;/h1-8,10,16,22,26H,9H2,(H,25,27)(H,21,23,24);2*1H/t16-;;/m1../s1. The molecule has 0 aliphatic rings. The van der Waals surface area contributed by atoms with Gasteiger partial charge in [0, 0.05) is 31.2 Å². The number of rotatable bonds is 5. The molecule has 0 radical (unpaired) electrons. The second kappa shape index (κ2) is 7.22. The average molecular weight is 386 g/mol. The van der Waals surface area contributed by atoms with Crippen LogP contribution in [-0.4, -0.2) is 37.6 Å². The molecule has 1 atom stereocenters. The van der Waals surface area contributed by atoms with Crippen LogP contribution in [0, 0.1) is 0 Å². The van der Waals surface area contributed by atoms with E-state index in [0.717, 1.165) is 27.9 Å². The average Bonchev–Trinajstić information content (AvgIpc) is 3.35. The van der Waals surface area contributed by atoms with E-state index >= 15 is 0 Å². The molecule has 0 unspecified atom stereocenters. The van der Waals surface area contributed by atoms with Gasteiger partial charge in [0.25, 0.3) is 5.91 Å². The molecule has 4 rings (SSSR count). The van der Waals surface area contributed by atoms with Gasteiger partial charge in [-0.2, -0.15) is 0 Å². The van der Waals surface area contributed by atoms with Crippen LogP contribution in [0.1, 0.15) is 24.9 Å². The van der Waals surface area contributed by atoms with Crippen LogP contribution in [0.3, 0.4) is 0 Å². The number of benzene rings is 1. The van der Waals surface area contributed by atoms with Crippen molar-refractivity contribution in [3.8, 4) is 11.3 Å². The number of hydrogen-bond donors (Lipinski definition) is 4. The Morgan fingerprint density at radius 2 is 2.15 bits per heavy atom. The van der Waals surface area contributed by atoms with Gasteiger partial charge in [-0.3, -0.25) is 4.79 Å².